The summed E-state index contributed by atoms with van der Waals surface area (Å²) in [6.45, 7) is 6.60. The van der Waals surface area contributed by atoms with Crippen LogP contribution in [0.5, 0.6) is 0 Å². The Kier molecular flexibility index (Phi) is 3.34. The molecule has 2 nitrogen and oxygen atoms in total. The third-order valence-corrected chi connectivity index (χ3v) is 3.38. The van der Waals surface area contributed by atoms with Crippen molar-refractivity contribution in [1.82, 2.24) is 0 Å². The van der Waals surface area contributed by atoms with E-state index in [1.165, 1.54) is 12.8 Å². The normalized spacial score (nSPS) is 33.3. The lowest BCUT2D eigenvalue weighted by Gasteiger charge is -2.28. The van der Waals surface area contributed by atoms with Gasteiger partial charge in [-0.3, -0.25) is 4.79 Å². The number of carbonyl (C=O) groups is 1. The van der Waals surface area contributed by atoms with Gasteiger partial charge < -0.3 is 4.74 Å². The number of hydrogen-bond acceptors (Lipinski definition) is 2. The summed E-state index contributed by atoms with van der Waals surface area (Å²) in [6, 6.07) is 0. The second kappa shape index (κ2) is 4.12. The highest BCUT2D eigenvalue weighted by Crippen LogP contribution is 2.45. The minimum Gasteiger partial charge on any atom is -0.466 e. The van der Waals surface area contributed by atoms with Gasteiger partial charge in [0.25, 0.3) is 0 Å². The van der Waals surface area contributed by atoms with Crippen LogP contribution < -0.4 is 0 Å². The predicted octanol–water partition coefficient (Wildman–Crippen LogP) is 2.77. The molecule has 2 heteroatoms. The zero-order valence-electron chi connectivity index (χ0n) is 8.93. The van der Waals surface area contributed by atoms with E-state index in [1.807, 2.05) is 6.92 Å². The first-order chi connectivity index (χ1) is 6.15. The molecule has 1 aliphatic carbocycles. The van der Waals surface area contributed by atoms with E-state index in [0.29, 0.717) is 12.5 Å². The van der Waals surface area contributed by atoms with Gasteiger partial charge in [-0.05, 0) is 32.6 Å². The van der Waals surface area contributed by atoms with Crippen LogP contribution >= 0.6 is 0 Å². The number of carbonyl (C=O) groups excluding carboxylic acids is 1. The van der Waals surface area contributed by atoms with Crippen molar-refractivity contribution >= 4 is 5.97 Å². The van der Waals surface area contributed by atoms with E-state index in [9.17, 15) is 4.79 Å². The first-order valence-electron chi connectivity index (χ1n) is 5.32. The lowest BCUT2D eigenvalue weighted by Crippen LogP contribution is -2.33. The number of esters is 1. The third-order valence-electron chi connectivity index (χ3n) is 3.38. The molecule has 0 amide bonds. The van der Waals surface area contributed by atoms with E-state index in [4.69, 9.17) is 4.74 Å². The van der Waals surface area contributed by atoms with E-state index in [1.54, 1.807) is 0 Å². The fourth-order valence-electron chi connectivity index (χ4n) is 2.46. The largest absolute Gasteiger partial charge is 0.466 e. The van der Waals surface area contributed by atoms with Crippen LogP contribution in [0.4, 0.5) is 0 Å². The summed E-state index contributed by atoms with van der Waals surface area (Å²) >= 11 is 0. The molecule has 0 bridgehead atoms. The fourth-order valence-corrected chi connectivity index (χ4v) is 2.46. The Labute approximate surface area is 80.7 Å². The molecule has 76 valence electrons. The van der Waals surface area contributed by atoms with E-state index in [-0.39, 0.29) is 11.4 Å². The standard InChI is InChI=1S/C11H20O2/c1-4-9-7-6-8-11(9,3)10(12)13-5-2/h9H,4-8H2,1-3H3/t9-,11-/m1/s1. The smallest absolute Gasteiger partial charge is 0.312 e. The van der Waals surface area contributed by atoms with Gasteiger partial charge >= 0.3 is 5.97 Å². The van der Waals surface area contributed by atoms with Crippen molar-refractivity contribution in [2.75, 3.05) is 6.61 Å². The Morgan fingerprint density at radius 3 is 2.77 bits per heavy atom. The van der Waals surface area contributed by atoms with E-state index in [2.05, 4.69) is 13.8 Å². The van der Waals surface area contributed by atoms with Crippen molar-refractivity contribution in [2.45, 2.75) is 46.5 Å². The quantitative estimate of drug-likeness (QED) is 0.630. The lowest BCUT2D eigenvalue weighted by molar-refractivity contribution is -0.156. The molecule has 0 radical (unpaired) electrons. The Hall–Kier alpha value is -0.530. The Morgan fingerprint density at radius 1 is 1.54 bits per heavy atom. The van der Waals surface area contributed by atoms with Gasteiger partial charge in [0.05, 0.1) is 12.0 Å². The number of rotatable bonds is 3. The van der Waals surface area contributed by atoms with Gasteiger partial charge in [0.2, 0.25) is 0 Å². The molecule has 0 aromatic carbocycles. The van der Waals surface area contributed by atoms with Crippen molar-refractivity contribution in [1.29, 1.82) is 0 Å². The second-order valence-corrected chi connectivity index (χ2v) is 4.14. The summed E-state index contributed by atoms with van der Waals surface area (Å²) in [4.78, 5) is 11.7. The van der Waals surface area contributed by atoms with Gasteiger partial charge in [-0.1, -0.05) is 19.8 Å². The van der Waals surface area contributed by atoms with Gasteiger partial charge in [-0.15, -0.1) is 0 Å². The highest BCUT2D eigenvalue weighted by Gasteiger charge is 2.44. The van der Waals surface area contributed by atoms with Crippen molar-refractivity contribution < 1.29 is 9.53 Å². The molecule has 0 aliphatic heterocycles. The Balaban J connectivity index is 2.67. The molecule has 1 aliphatic rings. The third kappa shape index (κ3) is 1.87. The van der Waals surface area contributed by atoms with Crippen molar-refractivity contribution in [3.05, 3.63) is 0 Å². The maximum atomic E-state index is 11.7. The lowest BCUT2D eigenvalue weighted by atomic mass is 9.78. The van der Waals surface area contributed by atoms with Crippen molar-refractivity contribution in [2.24, 2.45) is 11.3 Å². The molecule has 0 heterocycles. The topological polar surface area (TPSA) is 26.3 Å². The molecule has 1 fully saturated rings. The molecule has 2 atom stereocenters. The number of hydrogen-bond donors (Lipinski definition) is 0. The minimum atomic E-state index is -0.190. The van der Waals surface area contributed by atoms with E-state index < -0.39 is 0 Å². The summed E-state index contributed by atoms with van der Waals surface area (Å²) in [5.74, 6) is 0.547. The van der Waals surface area contributed by atoms with Crippen LogP contribution in [0.3, 0.4) is 0 Å². The first kappa shape index (κ1) is 10.6. The van der Waals surface area contributed by atoms with Crippen LogP contribution in [0.25, 0.3) is 0 Å². The summed E-state index contributed by atoms with van der Waals surface area (Å²) in [6.07, 6.45) is 4.46. The highest BCUT2D eigenvalue weighted by atomic mass is 16.5. The zero-order valence-corrected chi connectivity index (χ0v) is 8.93. The summed E-state index contributed by atoms with van der Waals surface area (Å²) in [7, 11) is 0. The fraction of sp³-hybridized carbons (Fsp3) is 0.909. The van der Waals surface area contributed by atoms with Crippen molar-refractivity contribution in [3.8, 4) is 0 Å². The molecular formula is C11H20O2. The van der Waals surface area contributed by atoms with Crippen LogP contribution in [0, 0.1) is 11.3 Å². The van der Waals surface area contributed by atoms with Gasteiger partial charge in [0.1, 0.15) is 0 Å². The Morgan fingerprint density at radius 2 is 2.23 bits per heavy atom. The highest BCUT2D eigenvalue weighted by molar-refractivity contribution is 5.77. The van der Waals surface area contributed by atoms with Crippen molar-refractivity contribution in [3.63, 3.8) is 0 Å². The first-order valence-corrected chi connectivity index (χ1v) is 5.32. The summed E-state index contributed by atoms with van der Waals surface area (Å²) < 4.78 is 5.12. The molecule has 0 unspecified atom stereocenters. The minimum absolute atomic E-state index is 0.0133. The number of ether oxygens (including phenoxy) is 1. The Bertz CT molecular complexity index is 189. The maximum absolute atomic E-state index is 11.7. The van der Waals surface area contributed by atoms with Gasteiger partial charge in [-0.2, -0.15) is 0 Å². The average molecular weight is 184 g/mol. The summed E-state index contributed by atoms with van der Waals surface area (Å²) in [5.41, 5.74) is -0.190. The van der Waals surface area contributed by atoms with Crippen LogP contribution in [0.15, 0.2) is 0 Å². The van der Waals surface area contributed by atoms with Gasteiger partial charge in [0.15, 0.2) is 0 Å². The average Bonchev–Trinajstić information content (AvgIpc) is 2.48. The molecule has 0 saturated heterocycles. The van der Waals surface area contributed by atoms with Crippen LogP contribution in [-0.2, 0) is 9.53 Å². The maximum Gasteiger partial charge on any atom is 0.312 e. The molecule has 13 heavy (non-hydrogen) atoms. The monoisotopic (exact) mass is 184 g/mol. The van der Waals surface area contributed by atoms with Crippen LogP contribution in [0.1, 0.15) is 46.5 Å². The predicted molar refractivity (Wildman–Crippen MR) is 52.4 cm³/mol. The molecule has 1 rings (SSSR count). The van der Waals surface area contributed by atoms with Gasteiger partial charge in [0, 0.05) is 0 Å². The molecule has 1 saturated carbocycles. The molecule has 0 aromatic rings. The van der Waals surface area contributed by atoms with E-state index in [0.717, 1.165) is 12.8 Å². The second-order valence-electron chi connectivity index (χ2n) is 4.14. The zero-order chi connectivity index (χ0) is 9.90. The van der Waals surface area contributed by atoms with Gasteiger partial charge in [-0.25, -0.2) is 0 Å². The van der Waals surface area contributed by atoms with Crippen LogP contribution in [-0.4, -0.2) is 12.6 Å². The SMILES string of the molecule is CCOC(=O)[C@]1(C)CCC[C@H]1CC. The summed E-state index contributed by atoms with van der Waals surface area (Å²) in [5, 5.41) is 0. The van der Waals surface area contributed by atoms with Crippen LogP contribution in [0.2, 0.25) is 0 Å². The van der Waals surface area contributed by atoms with E-state index >= 15 is 0 Å². The molecule has 0 N–H and O–H groups in total. The molecule has 0 spiro atoms. The molecular weight excluding hydrogens is 164 g/mol. The molecule has 0 aromatic heterocycles.